The van der Waals surface area contributed by atoms with E-state index in [9.17, 15) is 33.9 Å². The van der Waals surface area contributed by atoms with Crippen molar-refractivity contribution in [3.8, 4) is 0 Å². The molecule has 5 amide bonds. The summed E-state index contributed by atoms with van der Waals surface area (Å²) in [5.74, 6) is -5.41. The van der Waals surface area contributed by atoms with Gasteiger partial charge in [-0.15, -0.1) is 0 Å². The Bertz CT molecular complexity index is 1180. The molecule has 1 aromatic carbocycles. The molecule has 4 unspecified atom stereocenters. The van der Waals surface area contributed by atoms with Crippen molar-refractivity contribution in [3.05, 3.63) is 36.0 Å². The molecule has 0 aliphatic rings. The van der Waals surface area contributed by atoms with E-state index >= 15 is 0 Å². The van der Waals surface area contributed by atoms with Crippen molar-refractivity contribution in [3.63, 3.8) is 0 Å². The number of primary amides is 2. The van der Waals surface area contributed by atoms with Gasteiger partial charge in [0.05, 0.1) is 12.5 Å². The van der Waals surface area contributed by atoms with E-state index < -0.39 is 66.1 Å². The van der Waals surface area contributed by atoms with Crippen LogP contribution in [0.2, 0.25) is 0 Å². The van der Waals surface area contributed by atoms with Gasteiger partial charge >= 0.3 is 5.97 Å². The molecular formula is C23H31N7O7. The normalized spacial score (nSPS) is 14.1. The summed E-state index contributed by atoms with van der Waals surface area (Å²) < 4.78 is 0. The third-order valence-electron chi connectivity index (χ3n) is 5.54. The molecule has 4 atom stereocenters. The van der Waals surface area contributed by atoms with E-state index in [1.54, 1.807) is 18.3 Å². The van der Waals surface area contributed by atoms with Crippen molar-refractivity contribution < 1.29 is 33.9 Å². The molecule has 200 valence electrons. The van der Waals surface area contributed by atoms with Crippen LogP contribution < -0.4 is 33.2 Å². The van der Waals surface area contributed by atoms with Gasteiger partial charge in [-0.3, -0.25) is 24.0 Å². The summed E-state index contributed by atoms with van der Waals surface area (Å²) in [6.45, 7) is 1.31. The Morgan fingerprint density at radius 1 is 0.919 bits per heavy atom. The number of fused-ring (bicyclic) bond motifs is 1. The predicted octanol–water partition coefficient (Wildman–Crippen LogP) is -2.26. The van der Waals surface area contributed by atoms with E-state index in [2.05, 4.69) is 20.9 Å². The summed E-state index contributed by atoms with van der Waals surface area (Å²) >= 11 is 0. The smallest absolute Gasteiger partial charge is 0.326 e. The minimum atomic E-state index is -1.50. The lowest BCUT2D eigenvalue weighted by molar-refractivity contribution is -0.142. The molecule has 0 fully saturated rings. The second-order valence-corrected chi connectivity index (χ2v) is 8.54. The first kappa shape index (κ1) is 28.8. The SMILES string of the molecule is CC(NC(=O)C(N)CCC(N)=O)C(=O)NC(CC(N)=O)C(=O)NC(Cc1c[nH]c2ccccc12)C(=O)O. The number of carboxylic acid groups (broad SMARTS) is 1. The summed E-state index contributed by atoms with van der Waals surface area (Å²) in [6, 6.07) is 2.05. The first-order chi connectivity index (χ1) is 17.4. The number of amides is 5. The zero-order chi connectivity index (χ0) is 27.7. The summed E-state index contributed by atoms with van der Waals surface area (Å²) in [4.78, 5) is 74.9. The van der Waals surface area contributed by atoms with E-state index in [1.807, 2.05) is 12.1 Å². The number of hydrogen-bond donors (Lipinski definition) is 8. The van der Waals surface area contributed by atoms with Gasteiger partial charge in [0.1, 0.15) is 18.1 Å². The molecule has 37 heavy (non-hydrogen) atoms. The third kappa shape index (κ3) is 8.61. The minimum absolute atomic E-state index is 0.0325. The number of H-pyrrole nitrogens is 1. The van der Waals surface area contributed by atoms with E-state index in [4.69, 9.17) is 17.2 Å². The van der Waals surface area contributed by atoms with Gasteiger partial charge in [0.25, 0.3) is 0 Å². The number of rotatable bonds is 14. The standard InChI is InChI=1S/C23H31N7O7/c1-11(28-21(34)14(24)6-7-18(25)31)20(33)29-16(9-19(26)32)22(35)30-17(23(36)37)8-12-10-27-15-5-3-2-4-13(12)15/h2-5,10-11,14,16-17,27H,6-9,24H2,1H3,(H2,25,31)(H2,26,32)(H,28,34)(H,29,33)(H,30,35)(H,36,37). The Morgan fingerprint density at radius 2 is 1.57 bits per heavy atom. The summed E-state index contributed by atoms with van der Waals surface area (Å²) in [6.07, 6.45) is 0.788. The number of hydrogen-bond acceptors (Lipinski definition) is 7. The molecule has 0 saturated carbocycles. The van der Waals surface area contributed by atoms with Gasteiger partial charge in [-0.05, 0) is 25.0 Å². The molecule has 0 saturated heterocycles. The Balaban J connectivity index is 2.06. The maximum Gasteiger partial charge on any atom is 0.326 e. The van der Waals surface area contributed by atoms with Gasteiger partial charge in [-0.1, -0.05) is 18.2 Å². The molecule has 2 aromatic rings. The highest BCUT2D eigenvalue weighted by Gasteiger charge is 2.30. The number of carboxylic acids is 1. The van der Waals surface area contributed by atoms with Gasteiger partial charge in [0.15, 0.2) is 0 Å². The molecule has 0 aliphatic carbocycles. The Morgan fingerprint density at radius 3 is 2.19 bits per heavy atom. The highest BCUT2D eigenvalue weighted by atomic mass is 16.4. The predicted molar refractivity (Wildman–Crippen MR) is 131 cm³/mol. The second-order valence-electron chi connectivity index (χ2n) is 8.54. The number of para-hydroxylation sites is 1. The first-order valence-electron chi connectivity index (χ1n) is 11.4. The minimum Gasteiger partial charge on any atom is -0.480 e. The molecule has 2 rings (SSSR count). The second kappa shape index (κ2) is 13.0. The van der Waals surface area contributed by atoms with Crippen LogP contribution in [-0.4, -0.2) is 69.8 Å². The van der Waals surface area contributed by atoms with Crippen LogP contribution in [0.5, 0.6) is 0 Å². The molecule has 0 radical (unpaired) electrons. The first-order valence-corrected chi connectivity index (χ1v) is 11.4. The van der Waals surface area contributed by atoms with Crippen LogP contribution in [0.3, 0.4) is 0 Å². The monoisotopic (exact) mass is 517 g/mol. The van der Waals surface area contributed by atoms with Crippen LogP contribution in [0.25, 0.3) is 10.9 Å². The van der Waals surface area contributed by atoms with Gasteiger partial charge in [-0.2, -0.15) is 0 Å². The van der Waals surface area contributed by atoms with E-state index in [-0.39, 0.29) is 19.3 Å². The van der Waals surface area contributed by atoms with Crippen molar-refractivity contribution in [1.29, 1.82) is 0 Å². The number of carbonyl (C=O) groups is 6. The van der Waals surface area contributed by atoms with Crippen LogP contribution >= 0.6 is 0 Å². The molecule has 11 N–H and O–H groups in total. The van der Waals surface area contributed by atoms with Crippen molar-refractivity contribution in [2.75, 3.05) is 0 Å². The lowest BCUT2D eigenvalue weighted by atomic mass is 10.0. The number of benzene rings is 1. The van der Waals surface area contributed by atoms with Gasteiger partial charge in [0.2, 0.25) is 29.5 Å². The summed E-state index contributed by atoms with van der Waals surface area (Å²) in [7, 11) is 0. The van der Waals surface area contributed by atoms with Crippen LogP contribution in [-0.2, 0) is 35.2 Å². The molecule has 14 heteroatoms. The van der Waals surface area contributed by atoms with E-state index in [0.29, 0.717) is 5.56 Å². The topological polar surface area (TPSA) is 253 Å². The number of nitrogens with one attached hydrogen (secondary N) is 4. The molecule has 14 nitrogen and oxygen atoms in total. The number of aromatic amines is 1. The van der Waals surface area contributed by atoms with Crippen molar-refractivity contribution in [2.45, 2.75) is 56.8 Å². The average molecular weight is 518 g/mol. The van der Waals surface area contributed by atoms with Crippen LogP contribution in [0, 0.1) is 0 Å². The highest BCUT2D eigenvalue weighted by Crippen LogP contribution is 2.19. The summed E-state index contributed by atoms with van der Waals surface area (Å²) in [5.41, 5.74) is 17.3. The third-order valence-corrected chi connectivity index (χ3v) is 5.54. The lowest BCUT2D eigenvalue weighted by Crippen LogP contribution is -2.57. The molecule has 0 spiro atoms. The molecular weight excluding hydrogens is 486 g/mol. The fourth-order valence-corrected chi connectivity index (χ4v) is 3.51. The van der Waals surface area contributed by atoms with Gasteiger partial charge < -0.3 is 43.2 Å². The Labute approximate surface area is 211 Å². The maximum atomic E-state index is 12.9. The van der Waals surface area contributed by atoms with Crippen LogP contribution in [0.1, 0.15) is 31.7 Å². The van der Waals surface area contributed by atoms with Crippen LogP contribution in [0.15, 0.2) is 30.5 Å². The van der Waals surface area contributed by atoms with E-state index in [1.165, 1.54) is 6.92 Å². The maximum absolute atomic E-state index is 12.9. The van der Waals surface area contributed by atoms with Crippen molar-refractivity contribution in [1.82, 2.24) is 20.9 Å². The zero-order valence-corrected chi connectivity index (χ0v) is 20.2. The van der Waals surface area contributed by atoms with Gasteiger partial charge in [0, 0.05) is 29.9 Å². The zero-order valence-electron chi connectivity index (χ0n) is 20.2. The quantitative estimate of drug-likeness (QED) is 0.135. The molecule has 1 aromatic heterocycles. The van der Waals surface area contributed by atoms with Crippen LogP contribution in [0.4, 0.5) is 0 Å². The number of aromatic nitrogens is 1. The highest BCUT2D eigenvalue weighted by molar-refractivity contribution is 5.96. The Hall–Kier alpha value is -4.46. The molecule has 0 bridgehead atoms. The molecule has 0 aliphatic heterocycles. The average Bonchev–Trinajstić information content (AvgIpc) is 3.23. The summed E-state index contributed by atoms with van der Waals surface area (Å²) in [5, 5.41) is 17.4. The Kier molecular flexibility index (Phi) is 10.1. The number of nitrogens with two attached hydrogens (primary N) is 3. The van der Waals surface area contributed by atoms with Gasteiger partial charge in [-0.25, -0.2) is 4.79 Å². The molecule has 1 heterocycles. The lowest BCUT2D eigenvalue weighted by Gasteiger charge is -2.23. The fourth-order valence-electron chi connectivity index (χ4n) is 3.51. The van der Waals surface area contributed by atoms with Crippen molar-refractivity contribution in [2.24, 2.45) is 17.2 Å². The largest absolute Gasteiger partial charge is 0.480 e. The fraction of sp³-hybridized carbons (Fsp3) is 0.391. The van der Waals surface area contributed by atoms with Crippen molar-refractivity contribution >= 4 is 46.4 Å². The number of carbonyl (C=O) groups excluding carboxylic acids is 5. The van der Waals surface area contributed by atoms with E-state index in [0.717, 1.165) is 10.9 Å². The number of aliphatic carboxylic acids is 1.